The molecule has 164 valence electrons. The molecule has 2 aromatic rings. The number of likely N-dealkylation sites (N-methyl/N-ethyl adjacent to an activating group) is 1. The SMILES string of the molecule is CN(CC(=O)NN1C(=O)N[C@](C)(c2ccccc2)C1=O)Cc1ccc(C(C)(C)C)cc1. The Morgan fingerprint density at radius 1 is 1.06 bits per heavy atom. The first-order valence-electron chi connectivity index (χ1n) is 10.3. The average molecular weight is 423 g/mol. The average Bonchev–Trinajstić information content (AvgIpc) is 2.92. The van der Waals surface area contributed by atoms with Crippen molar-refractivity contribution in [1.82, 2.24) is 20.7 Å². The van der Waals surface area contributed by atoms with Crippen LogP contribution < -0.4 is 10.7 Å². The van der Waals surface area contributed by atoms with Crippen LogP contribution in [0.2, 0.25) is 0 Å². The molecule has 1 fully saturated rings. The number of benzene rings is 2. The standard InChI is InChI=1S/C24H30N4O3/c1-23(2,3)18-13-11-17(12-14-18)15-27(5)16-20(29)26-28-21(30)24(4,25-22(28)31)19-9-7-6-8-10-19/h6-14H,15-16H2,1-5H3,(H,25,31)(H,26,29)/t24-/m1/s1. The van der Waals surface area contributed by atoms with Gasteiger partial charge in [-0.3, -0.25) is 19.9 Å². The highest BCUT2D eigenvalue weighted by Gasteiger charge is 2.49. The summed E-state index contributed by atoms with van der Waals surface area (Å²) in [6.45, 7) is 8.73. The van der Waals surface area contributed by atoms with Gasteiger partial charge in [-0.2, -0.15) is 5.01 Å². The Labute approximate surface area is 183 Å². The van der Waals surface area contributed by atoms with E-state index >= 15 is 0 Å². The third-order valence-corrected chi connectivity index (χ3v) is 5.46. The van der Waals surface area contributed by atoms with Crippen LogP contribution in [0.4, 0.5) is 4.79 Å². The Morgan fingerprint density at radius 2 is 1.68 bits per heavy atom. The van der Waals surface area contributed by atoms with E-state index in [9.17, 15) is 14.4 Å². The Morgan fingerprint density at radius 3 is 2.26 bits per heavy atom. The fourth-order valence-electron chi connectivity index (χ4n) is 3.59. The summed E-state index contributed by atoms with van der Waals surface area (Å²) >= 11 is 0. The maximum atomic E-state index is 12.9. The molecule has 3 rings (SSSR count). The number of amides is 4. The van der Waals surface area contributed by atoms with Gasteiger partial charge in [0.2, 0.25) is 0 Å². The van der Waals surface area contributed by atoms with E-state index in [4.69, 9.17) is 0 Å². The van der Waals surface area contributed by atoms with Crippen molar-refractivity contribution in [2.45, 2.75) is 45.2 Å². The quantitative estimate of drug-likeness (QED) is 0.702. The van der Waals surface area contributed by atoms with Crippen molar-refractivity contribution < 1.29 is 14.4 Å². The Balaban J connectivity index is 1.59. The number of carbonyl (C=O) groups excluding carboxylic acids is 3. The zero-order valence-electron chi connectivity index (χ0n) is 18.7. The Bertz CT molecular complexity index is 967. The first-order valence-corrected chi connectivity index (χ1v) is 10.3. The molecule has 0 bridgehead atoms. The highest BCUT2D eigenvalue weighted by Crippen LogP contribution is 2.27. The number of nitrogens with zero attached hydrogens (tertiary/aromatic N) is 2. The van der Waals surface area contributed by atoms with Crippen molar-refractivity contribution >= 4 is 17.8 Å². The zero-order valence-corrected chi connectivity index (χ0v) is 18.7. The van der Waals surface area contributed by atoms with E-state index < -0.39 is 23.4 Å². The summed E-state index contributed by atoms with van der Waals surface area (Å²) in [6, 6.07) is 16.6. The minimum atomic E-state index is -1.22. The zero-order chi connectivity index (χ0) is 22.8. The summed E-state index contributed by atoms with van der Waals surface area (Å²) in [5.74, 6) is -0.952. The van der Waals surface area contributed by atoms with Crippen LogP contribution >= 0.6 is 0 Å². The summed E-state index contributed by atoms with van der Waals surface area (Å²) < 4.78 is 0. The topological polar surface area (TPSA) is 81.8 Å². The van der Waals surface area contributed by atoms with Gasteiger partial charge in [-0.15, -0.1) is 0 Å². The predicted octanol–water partition coefficient (Wildman–Crippen LogP) is 2.91. The van der Waals surface area contributed by atoms with E-state index in [0.29, 0.717) is 12.1 Å². The first kappa shape index (κ1) is 22.5. The van der Waals surface area contributed by atoms with Crippen LogP contribution in [0.1, 0.15) is 44.4 Å². The number of rotatable bonds is 6. The Kier molecular flexibility index (Phi) is 6.18. The van der Waals surface area contributed by atoms with E-state index in [1.54, 1.807) is 31.2 Å². The van der Waals surface area contributed by atoms with E-state index in [2.05, 4.69) is 55.8 Å². The molecule has 1 heterocycles. The molecule has 1 aliphatic rings. The van der Waals surface area contributed by atoms with Crippen LogP contribution in [0.25, 0.3) is 0 Å². The molecule has 4 amide bonds. The molecule has 2 N–H and O–H groups in total. The van der Waals surface area contributed by atoms with E-state index in [0.717, 1.165) is 10.6 Å². The maximum absolute atomic E-state index is 12.9. The number of hydrazine groups is 1. The second kappa shape index (κ2) is 8.51. The van der Waals surface area contributed by atoms with Crippen molar-refractivity contribution in [2.24, 2.45) is 0 Å². The third-order valence-electron chi connectivity index (χ3n) is 5.46. The van der Waals surface area contributed by atoms with Crippen LogP contribution in [0.3, 0.4) is 0 Å². The second-order valence-corrected chi connectivity index (χ2v) is 9.22. The lowest BCUT2D eigenvalue weighted by molar-refractivity contribution is -0.139. The summed E-state index contributed by atoms with van der Waals surface area (Å²) in [4.78, 5) is 39.6. The summed E-state index contributed by atoms with van der Waals surface area (Å²) in [6.07, 6.45) is 0. The molecule has 7 nitrogen and oxygen atoms in total. The lowest BCUT2D eigenvalue weighted by Gasteiger charge is -2.23. The Hall–Kier alpha value is -3.19. The van der Waals surface area contributed by atoms with Crippen LogP contribution in [-0.4, -0.2) is 41.3 Å². The van der Waals surface area contributed by atoms with Gasteiger partial charge in [0.15, 0.2) is 0 Å². The van der Waals surface area contributed by atoms with E-state index in [-0.39, 0.29) is 12.0 Å². The number of imide groups is 1. The molecule has 7 heteroatoms. The van der Waals surface area contributed by atoms with Gasteiger partial charge in [-0.05, 0) is 36.1 Å². The number of hydrogen-bond acceptors (Lipinski definition) is 4. The molecule has 1 aliphatic heterocycles. The van der Waals surface area contributed by atoms with Gasteiger partial charge in [0, 0.05) is 6.54 Å². The van der Waals surface area contributed by atoms with Crippen LogP contribution in [0.15, 0.2) is 54.6 Å². The van der Waals surface area contributed by atoms with Crippen molar-refractivity contribution in [3.8, 4) is 0 Å². The highest BCUT2D eigenvalue weighted by atomic mass is 16.2. The fourth-order valence-corrected chi connectivity index (χ4v) is 3.59. The molecule has 0 unspecified atom stereocenters. The highest BCUT2D eigenvalue weighted by molar-refractivity contribution is 6.08. The lowest BCUT2D eigenvalue weighted by atomic mass is 9.87. The number of hydrogen-bond donors (Lipinski definition) is 2. The molecule has 31 heavy (non-hydrogen) atoms. The molecule has 2 aromatic carbocycles. The van der Waals surface area contributed by atoms with Gasteiger partial charge in [0.1, 0.15) is 5.54 Å². The second-order valence-electron chi connectivity index (χ2n) is 9.22. The molecule has 0 radical (unpaired) electrons. The molecule has 0 saturated carbocycles. The van der Waals surface area contributed by atoms with Gasteiger partial charge >= 0.3 is 6.03 Å². The molecule has 1 saturated heterocycles. The van der Waals surface area contributed by atoms with Crippen LogP contribution in [-0.2, 0) is 27.1 Å². The summed E-state index contributed by atoms with van der Waals surface area (Å²) in [7, 11) is 1.82. The normalized spacial score (nSPS) is 19.0. The predicted molar refractivity (Wildman–Crippen MR) is 119 cm³/mol. The molecule has 0 aliphatic carbocycles. The van der Waals surface area contributed by atoms with Crippen molar-refractivity contribution in [1.29, 1.82) is 0 Å². The van der Waals surface area contributed by atoms with E-state index in [1.165, 1.54) is 5.56 Å². The van der Waals surface area contributed by atoms with Crippen molar-refractivity contribution in [3.05, 3.63) is 71.3 Å². The first-order chi connectivity index (χ1) is 14.5. The molecule has 1 atom stereocenters. The maximum Gasteiger partial charge on any atom is 0.344 e. The van der Waals surface area contributed by atoms with Gasteiger partial charge in [0.05, 0.1) is 6.54 Å². The lowest BCUT2D eigenvalue weighted by Crippen LogP contribution is -2.50. The molecule has 0 spiro atoms. The number of urea groups is 1. The van der Waals surface area contributed by atoms with Crippen LogP contribution in [0.5, 0.6) is 0 Å². The molecular weight excluding hydrogens is 392 g/mol. The van der Waals surface area contributed by atoms with Gasteiger partial charge in [-0.1, -0.05) is 75.4 Å². The minimum absolute atomic E-state index is 0.0418. The third kappa shape index (κ3) is 4.94. The summed E-state index contributed by atoms with van der Waals surface area (Å²) in [5, 5.41) is 3.44. The van der Waals surface area contributed by atoms with Gasteiger partial charge < -0.3 is 5.32 Å². The summed E-state index contributed by atoms with van der Waals surface area (Å²) in [5.41, 5.74) is 4.29. The monoisotopic (exact) mass is 422 g/mol. The fraction of sp³-hybridized carbons (Fsp3) is 0.375. The van der Waals surface area contributed by atoms with Crippen LogP contribution in [0, 0.1) is 0 Å². The molecular formula is C24H30N4O3. The number of nitrogens with one attached hydrogen (secondary N) is 2. The van der Waals surface area contributed by atoms with Gasteiger partial charge in [-0.25, -0.2) is 4.79 Å². The van der Waals surface area contributed by atoms with Crippen molar-refractivity contribution in [2.75, 3.05) is 13.6 Å². The molecule has 0 aromatic heterocycles. The van der Waals surface area contributed by atoms with Gasteiger partial charge in [0.25, 0.3) is 11.8 Å². The van der Waals surface area contributed by atoms with Crippen molar-refractivity contribution in [3.63, 3.8) is 0 Å². The van der Waals surface area contributed by atoms with E-state index in [1.807, 2.05) is 18.0 Å². The minimum Gasteiger partial charge on any atom is -0.318 e. The smallest absolute Gasteiger partial charge is 0.318 e. The largest absolute Gasteiger partial charge is 0.344 e. The number of carbonyl (C=O) groups is 3.